The van der Waals surface area contributed by atoms with Crippen LogP contribution in [0, 0.1) is 5.92 Å². The van der Waals surface area contributed by atoms with Gasteiger partial charge in [-0.3, -0.25) is 9.59 Å². The predicted molar refractivity (Wildman–Crippen MR) is 135 cm³/mol. The molecule has 2 amide bonds. The molecule has 2 aromatic carbocycles. The van der Waals surface area contributed by atoms with E-state index in [4.69, 9.17) is 37.4 Å². The van der Waals surface area contributed by atoms with Gasteiger partial charge >= 0.3 is 0 Å². The van der Waals surface area contributed by atoms with Crippen molar-refractivity contribution in [2.45, 2.75) is 25.2 Å². The Kier molecular flexibility index (Phi) is 7.97. The summed E-state index contributed by atoms with van der Waals surface area (Å²) < 4.78 is 16.6. The number of methoxy groups -OCH3 is 3. The van der Waals surface area contributed by atoms with Crippen molar-refractivity contribution in [3.63, 3.8) is 0 Å². The zero-order chi connectivity index (χ0) is 25.1. The molecule has 7 nitrogen and oxygen atoms in total. The number of piperidine rings is 1. The second-order valence-corrected chi connectivity index (χ2v) is 9.74. The van der Waals surface area contributed by atoms with Crippen LogP contribution in [0.3, 0.4) is 0 Å². The molecule has 2 fully saturated rings. The summed E-state index contributed by atoms with van der Waals surface area (Å²) in [5.74, 6) is 0.711. The van der Waals surface area contributed by atoms with E-state index in [1.54, 1.807) is 44.4 Å². The largest absolute Gasteiger partial charge is 0.493 e. The van der Waals surface area contributed by atoms with Gasteiger partial charge in [0.1, 0.15) is 0 Å². The van der Waals surface area contributed by atoms with Crippen LogP contribution in [0.5, 0.6) is 17.2 Å². The number of benzene rings is 2. The number of rotatable bonds is 6. The normalized spacial score (nSPS) is 20.0. The first-order chi connectivity index (χ1) is 16.9. The number of halogens is 2. The molecule has 0 saturated carbocycles. The number of carbonyl (C=O) groups is 2. The van der Waals surface area contributed by atoms with Crippen LogP contribution >= 0.6 is 23.2 Å². The van der Waals surface area contributed by atoms with E-state index in [1.807, 2.05) is 17.0 Å². The fourth-order valence-electron chi connectivity index (χ4n) is 5.06. The van der Waals surface area contributed by atoms with Gasteiger partial charge in [-0.25, -0.2) is 0 Å². The highest BCUT2D eigenvalue weighted by molar-refractivity contribution is 6.36. The van der Waals surface area contributed by atoms with E-state index in [0.29, 0.717) is 40.9 Å². The third kappa shape index (κ3) is 5.16. The number of likely N-dealkylation sites (tertiary alicyclic amines) is 2. The minimum Gasteiger partial charge on any atom is -0.493 e. The van der Waals surface area contributed by atoms with Crippen LogP contribution in [-0.2, 0) is 4.79 Å². The lowest BCUT2D eigenvalue weighted by atomic mass is 9.87. The van der Waals surface area contributed by atoms with Crippen molar-refractivity contribution in [3.05, 3.63) is 51.5 Å². The van der Waals surface area contributed by atoms with Gasteiger partial charge in [-0.2, -0.15) is 0 Å². The van der Waals surface area contributed by atoms with E-state index in [9.17, 15) is 9.59 Å². The number of ether oxygens (including phenoxy) is 3. The summed E-state index contributed by atoms with van der Waals surface area (Å²) in [4.78, 5) is 30.8. The molecule has 2 heterocycles. The lowest BCUT2D eigenvalue weighted by Crippen LogP contribution is -2.42. The molecule has 188 valence electrons. The molecule has 0 radical (unpaired) electrons. The number of nitrogens with zero attached hydrogens (tertiary/aromatic N) is 2. The molecule has 0 aromatic heterocycles. The maximum Gasteiger partial charge on any atom is 0.255 e. The highest BCUT2D eigenvalue weighted by atomic mass is 35.5. The first-order valence-electron chi connectivity index (χ1n) is 11.7. The molecule has 2 aromatic rings. The van der Waals surface area contributed by atoms with E-state index in [-0.39, 0.29) is 22.8 Å². The van der Waals surface area contributed by atoms with Crippen LogP contribution in [0.4, 0.5) is 0 Å². The Labute approximate surface area is 215 Å². The Morgan fingerprint density at radius 2 is 1.51 bits per heavy atom. The lowest BCUT2D eigenvalue weighted by molar-refractivity contribution is -0.136. The molecule has 2 unspecified atom stereocenters. The van der Waals surface area contributed by atoms with Crippen molar-refractivity contribution in [3.8, 4) is 17.2 Å². The van der Waals surface area contributed by atoms with Crippen molar-refractivity contribution in [1.82, 2.24) is 9.80 Å². The fraction of sp³-hybridized carbons (Fsp3) is 0.462. The molecular weight excluding hydrogens is 491 g/mol. The third-order valence-electron chi connectivity index (χ3n) is 6.87. The molecule has 2 saturated heterocycles. The molecule has 35 heavy (non-hydrogen) atoms. The van der Waals surface area contributed by atoms with E-state index >= 15 is 0 Å². The molecule has 0 N–H and O–H groups in total. The van der Waals surface area contributed by atoms with Gasteiger partial charge in [0.2, 0.25) is 11.7 Å². The average Bonchev–Trinajstić information content (AvgIpc) is 3.33. The third-order valence-corrected chi connectivity index (χ3v) is 7.42. The van der Waals surface area contributed by atoms with Crippen molar-refractivity contribution < 1.29 is 23.8 Å². The molecular formula is C26H30Cl2N2O5. The molecule has 0 spiro atoms. The van der Waals surface area contributed by atoms with Gasteiger partial charge in [0.25, 0.3) is 5.91 Å². The smallest absolute Gasteiger partial charge is 0.255 e. The first kappa shape index (κ1) is 25.5. The number of carbonyl (C=O) groups excluding carboxylic acids is 2. The Morgan fingerprint density at radius 3 is 2.09 bits per heavy atom. The Balaban J connectivity index is 1.71. The number of hydrogen-bond acceptors (Lipinski definition) is 5. The molecule has 2 aliphatic rings. The van der Waals surface area contributed by atoms with E-state index in [2.05, 4.69) is 0 Å². The maximum absolute atomic E-state index is 13.7. The summed E-state index contributed by atoms with van der Waals surface area (Å²) in [6.45, 7) is 2.15. The maximum atomic E-state index is 13.7. The average molecular weight is 521 g/mol. The van der Waals surface area contributed by atoms with Crippen LogP contribution in [0.15, 0.2) is 30.3 Å². The summed E-state index contributed by atoms with van der Waals surface area (Å²) in [5.41, 5.74) is 1.22. The summed E-state index contributed by atoms with van der Waals surface area (Å²) in [5, 5.41) is 0.749. The van der Waals surface area contributed by atoms with Gasteiger partial charge in [0, 0.05) is 37.1 Å². The van der Waals surface area contributed by atoms with Crippen molar-refractivity contribution in [2.24, 2.45) is 5.92 Å². The van der Waals surface area contributed by atoms with Gasteiger partial charge in [-0.05, 0) is 55.2 Å². The van der Waals surface area contributed by atoms with Gasteiger partial charge in [0.15, 0.2) is 11.5 Å². The second-order valence-electron chi connectivity index (χ2n) is 8.89. The first-order valence-corrected chi connectivity index (χ1v) is 12.5. The Bertz CT molecular complexity index is 1080. The van der Waals surface area contributed by atoms with E-state index in [0.717, 1.165) is 37.9 Å². The lowest BCUT2D eigenvalue weighted by Gasteiger charge is -2.31. The molecule has 9 heteroatoms. The molecule has 4 rings (SSSR count). The SMILES string of the molecule is COc1cc(C2CN(C(=O)c3ccc(Cl)cc3Cl)CC2C(=O)N2CCCCC2)cc(OC)c1OC. The van der Waals surface area contributed by atoms with E-state index in [1.165, 1.54) is 0 Å². The van der Waals surface area contributed by atoms with Crippen molar-refractivity contribution in [1.29, 1.82) is 0 Å². The quantitative estimate of drug-likeness (QED) is 0.542. The standard InChI is InChI=1S/C26H30Cl2N2O5/c1-33-22-11-16(12-23(34-2)24(22)35-3)19-14-30(25(31)18-8-7-17(27)13-21(18)28)15-20(19)26(32)29-9-5-4-6-10-29/h7-8,11-13,19-20H,4-6,9-10,14-15H2,1-3H3. The zero-order valence-electron chi connectivity index (χ0n) is 20.2. The summed E-state index contributed by atoms with van der Waals surface area (Å²) in [6.07, 6.45) is 3.12. The second kappa shape index (κ2) is 11.0. The van der Waals surface area contributed by atoms with Gasteiger partial charge in [-0.1, -0.05) is 23.2 Å². The monoisotopic (exact) mass is 520 g/mol. The van der Waals surface area contributed by atoms with Gasteiger partial charge < -0.3 is 24.0 Å². The summed E-state index contributed by atoms with van der Waals surface area (Å²) >= 11 is 12.4. The summed E-state index contributed by atoms with van der Waals surface area (Å²) in [6, 6.07) is 8.56. The van der Waals surface area contributed by atoms with Crippen molar-refractivity contribution in [2.75, 3.05) is 47.5 Å². The van der Waals surface area contributed by atoms with Crippen LogP contribution in [-0.4, -0.2) is 69.1 Å². The van der Waals surface area contributed by atoms with Crippen LogP contribution in [0.2, 0.25) is 10.0 Å². The Hall–Kier alpha value is -2.64. The summed E-state index contributed by atoms with van der Waals surface area (Å²) in [7, 11) is 4.67. The minimum atomic E-state index is -0.397. The molecule has 2 aliphatic heterocycles. The van der Waals surface area contributed by atoms with Crippen LogP contribution in [0.1, 0.15) is 41.1 Å². The minimum absolute atomic E-state index is 0.0703. The number of amides is 2. The molecule has 0 bridgehead atoms. The topological polar surface area (TPSA) is 68.3 Å². The fourth-order valence-corrected chi connectivity index (χ4v) is 5.54. The molecule has 0 aliphatic carbocycles. The zero-order valence-corrected chi connectivity index (χ0v) is 21.7. The van der Waals surface area contributed by atoms with Crippen LogP contribution < -0.4 is 14.2 Å². The Morgan fingerprint density at radius 1 is 0.857 bits per heavy atom. The predicted octanol–water partition coefficient (Wildman–Crippen LogP) is 4.89. The van der Waals surface area contributed by atoms with Gasteiger partial charge in [-0.15, -0.1) is 0 Å². The molecule has 2 atom stereocenters. The van der Waals surface area contributed by atoms with Crippen molar-refractivity contribution >= 4 is 35.0 Å². The number of hydrogen-bond donors (Lipinski definition) is 0. The highest BCUT2D eigenvalue weighted by Crippen LogP contribution is 2.44. The van der Waals surface area contributed by atoms with Gasteiger partial charge in [0.05, 0.1) is 37.8 Å². The van der Waals surface area contributed by atoms with E-state index < -0.39 is 5.92 Å². The van der Waals surface area contributed by atoms with Crippen LogP contribution in [0.25, 0.3) is 0 Å². The highest BCUT2D eigenvalue weighted by Gasteiger charge is 2.43.